The number of rotatable bonds is 9. The standard InChI is InChI=1S/C23H26N6OS2/c1-3-6-15(7-4-5-8-24)9-18-28-21-14(2)20-17(22(21)32-18)11-26-29(23(20)30)12-19-27-16(10-25)13-31-19/h7,11,13-14H,3-6,8-9,12,24H2,1-2H3/b15-7+. The molecule has 0 saturated heterocycles. The first kappa shape index (κ1) is 22.5. The van der Waals surface area contributed by atoms with E-state index in [1.807, 2.05) is 13.0 Å². The van der Waals surface area contributed by atoms with E-state index in [0.29, 0.717) is 17.2 Å². The maximum absolute atomic E-state index is 13.2. The minimum absolute atomic E-state index is 0.0615. The number of nitrogens with zero attached hydrogens (tertiary/aromatic N) is 5. The maximum atomic E-state index is 13.2. The first-order valence-corrected chi connectivity index (χ1v) is 12.6. The maximum Gasteiger partial charge on any atom is 0.271 e. The van der Waals surface area contributed by atoms with Crippen molar-refractivity contribution in [2.45, 2.75) is 58.4 Å². The molecule has 166 valence electrons. The van der Waals surface area contributed by atoms with Gasteiger partial charge >= 0.3 is 0 Å². The molecule has 4 rings (SSSR count). The number of hydrogen-bond donors (Lipinski definition) is 1. The van der Waals surface area contributed by atoms with E-state index >= 15 is 0 Å². The van der Waals surface area contributed by atoms with Crippen molar-refractivity contribution in [2.75, 3.05) is 6.54 Å². The van der Waals surface area contributed by atoms with Crippen molar-refractivity contribution in [1.29, 1.82) is 5.26 Å². The number of allylic oxidation sites excluding steroid dienone is 2. The van der Waals surface area contributed by atoms with Crippen molar-refractivity contribution >= 4 is 22.7 Å². The SMILES string of the molecule is CCC/C(=C\CCCN)Cc1nc2c(s1)-c1cnn(Cc3nc(C#N)cs3)c(=O)c1C2C. The molecule has 1 atom stereocenters. The highest BCUT2D eigenvalue weighted by Gasteiger charge is 2.33. The number of thiazole rings is 2. The molecule has 2 N–H and O–H groups in total. The minimum Gasteiger partial charge on any atom is -0.330 e. The van der Waals surface area contributed by atoms with E-state index in [-0.39, 0.29) is 18.0 Å². The summed E-state index contributed by atoms with van der Waals surface area (Å²) in [6.45, 7) is 5.22. The topological polar surface area (TPSA) is 110 Å². The van der Waals surface area contributed by atoms with Crippen molar-refractivity contribution in [3.05, 3.63) is 60.5 Å². The van der Waals surface area contributed by atoms with Crippen LogP contribution in [0.5, 0.6) is 0 Å². The van der Waals surface area contributed by atoms with Crippen LogP contribution < -0.4 is 11.3 Å². The Balaban J connectivity index is 1.59. The summed E-state index contributed by atoms with van der Waals surface area (Å²) in [6.07, 6.45) is 9.14. The van der Waals surface area contributed by atoms with Gasteiger partial charge in [0, 0.05) is 28.8 Å². The Morgan fingerprint density at radius 3 is 2.94 bits per heavy atom. The van der Waals surface area contributed by atoms with E-state index in [0.717, 1.165) is 58.8 Å². The van der Waals surface area contributed by atoms with Crippen molar-refractivity contribution in [3.8, 4) is 16.5 Å². The van der Waals surface area contributed by atoms with Crippen LogP contribution in [0.15, 0.2) is 28.0 Å². The second-order valence-electron chi connectivity index (χ2n) is 7.94. The van der Waals surface area contributed by atoms with Gasteiger partial charge in [-0.25, -0.2) is 14.6 Å². The van der Waals surface area contributed by atoms with Crippen LogP contribution in [0.2, 0.25) is 0 Å². The molecule has 3 heterocycles. The zero-order valence-corrected chi connectivity index (χ0v) is 19.9. The highest BCUT2D eigenvalue weighted by Crippen LogP contribution is 2.45. The van der Waals surface area contributed by atoms with Crippen LogP contribution in [-0.2, 0) is 13.0 Å². The van der Waals surface area contributed by atoms with Crippen LogP contribution in [0.3, 0.4) is 0 Å². The molecule has 0 aliphatic heterocycles. The summed E-state index contributed by atoms with van der Waals surface area (Å²) in [5.41, 5.74) is 9.94. The van der Waals surface area contributed by atoms with Gasteiger partial charge in [-0.1, -0.05) is 31.9 Å². The Bertz CT molecular complexity index is 1250. The summed E-state index contributed by atoms with van der Waals surface area (Å²) in [7, 11) is 0. The van der Waals surface area contributed by atoms with Crippen LogP contribution in [0.25, 0.3) is 10.4 Å². The highest BCUT2D eigenvalue weighted by atomic mass is 32.1. The summed E-state index contributed by atoms with van der Waals surface area (Å²) in [6, 6.07) is 2.02. The van der Waals surface area contributed by atoms with Crippen LogP contribution >= 0.6 is 22.7 Å². The Labute approximate surface area is 195 Å². The largest absolute Gasteiger partial charge is 0.330 e. The van der Waals surface area contributed by atoms with Gasteiger partial charge in [-0.05, 0) is 25.8 Å². The molecule has 7 nitrogen and oxygen atoms in total. The van der Waals surface area contributed by atoms with Gasteiger partial charge in [-0.15, -0.1) is 22.7 Å². The smallest absolute Gasteiger partial charge is 0.271 e. The molecule has 0 radical (unpaired) electrons. The van der Waals surface area contributed by atoms with E-state index in [9.17, 15) is 4.79 Å². The normalized spacial score (nSPS) is 14.9. The number of nitrogens with two attached hydrogens (primary N) is 1. The van der Waals surface area contributed by atoms with E-state index < -0.39 is 0 Å². The van der Waals surface area contributed by atoms with Gasteiger partial charge in [-0.3, -0.25) is 4.79 Å². The molecule has 9 heteroatoms. The first-order valence-electron chi connectivity index (χ1n) is 10.9. The lowest BCUT2D eigenvalue weighted by atomic mass is 10.0. The van der Waals surface area contributed by atoms with Crippen LogP contribution in [0, 0.1) is 11.3 Å². The van der Waals surface area contributed by atoms with Gasteiger partial charge in [0.05, 0.1) is 28.3 Å². The van der Waals surface area contributed by atoms with Gasteiger partial charge in [0.15, 0.2) is 5.69 Å². The Morgan fingerprint density at radius 2 is 2.22 bits per heavy atom. The summed E-state index contributed by atoms with van der Waals surface area (Å²) in [5, 5.41) is 16.9. The van der Waals surface area contributed by atoms with E-state index in [1.54, 1.807) is 22.9 Å². The molecule has 1 unspecified atom stereocenters. The number of fused-ring (bicyclic) bond motifs is 3. The minimum atomic E-state index is -0.108. The zero-order chi connectivity index (χ0) is 22.7. The Morgan fingerprint density at radius 1 is 1.38 bits per heavy atom. The zero-order valence-electron chi connectivity index (χ0n) is 18.3. The average molecular weight is 467 g/mol. The predicted molar refractivity (Wildman–Crippen MR) is 128 cm³/mol. The number of nitriles is 1. The molecule has 0 saturated carbocycles. The lowest BCUT2D eigenvalue weighted by molar-refractivity contribution is 0.625. The summed E-state index contributed by atoms with van der Waals surface area (Å²) in [5.74, 6) is -0.0615. The fraction of sp³-hybridized carbons (Fsp3) is 0.435. The van der Waals surface area contributed by atoms with Crippen molar-refractivity contribution in [2.24, 2.45) is 5.73 Å². The highest BCUT2D eigenvalue weighted by molar-refractivity contribution is 7.15. The molecule has 32 heavy (non-hydrogen) atoms. The molecule has 0 amide bonds. The van der Waals surface area contributed by atoms with E-state index in [1.165, 1.54) is 21.6 Å². The van der Waals surface area contributed by atoms with Crippen LogP contribution in [0.4, 0.5) is 0 Å². The molecule has 0 aromatic carbocycles. The van der Waals surface area contributed by atoms with Gasteiger partial charge in [0.1, 0.15) is 11.1 Å². The van der Waals surface area contributed by atoms with E-state index in [2.05, 4.69) is 23.1 Å². The number of aromatic nitrogens is 4. The van der Waals surface area contributed by atoms with Crippen molar-refractivity contribution in [3.63, 3.8) is 0 Å². The summed E-state index contributed by atoms with van der Waals surface area (Å²) >= 11 is 3.04. The second-order valence-corrected chi connectivity index (χ2v) is 9.96. The van der Waals surface area contributed by atoms with Gasteiger partial charge in [0.2, 0.25) is 0 Å². The Kier molecular flexibility index (Phi) is 6.94. The third-order valence-corrected chi connectivity index (χ3v) is 7.55. The van der Waals surface area contributed by atoms with Gasteiger partial charge in [0.25, 0.3) is 5.56 Å². The Hall–Kier alpha value is -2.67. The lowest BCUT2D eigenvalue weighted by Crippen LogP contribution is -2.27. The molecule has 0 fully saturated rings. The molecule has 0 spiro atoms. The molecule has 3 aromatic heterocycles. The van der Waals surface area contributed by atoms with Crippen LogP contribution in [0.1, 0.15) is 72.4 Å². The molecule has 1 aliphatic rings. The van der Waals surface area contributed by atoms with Crippen molar-refractivity contribution in [1.82, 2.24) is 19.7 Å². The predicted octanol–water partition coefficient (Wildman–Crippen LogP) is 4.22. The molecule has 3 aromatic rings. The number of unbranched alkanes of at least 4 members (excludes halogenated alkanes) is 1. The van der Waals surface area contributed by atoms with E-state index in [4.69, 9.17) is 16.0 Å². The summed E-state index contributed by atoms with van der Waals surface area (Å²) in [4.78, 5) is 23.4. The third-order valence-electron chi connectivity index (χ3n) is 5.61. The third kappa shape index (κ3) is 4.44. The fourth-order valence-corrected chi connectivity index (χ4v) is 6.00. The summed E-state index contributed by atoms with van der Waals surface area (Å²) < 4.78 is 1.44. The average Bonchev–Trinajstić information content (AvgIpc) is 3.47. The first-order chi connectivity index (χ1) is 15.5. The molecule has 0 bridgehead atoms. The van der Waals surface area contributed by atoms with Gasteiger partial charge < -0.3 is 5.73 Å². The fourth-order valence-electron chi connectivity index (χ4n) is 4.06. The van der Waals surface area contributed by atoms with Gasteiger partial charge in [-0.2, -0.15) is 10.4 Å². The van der Waals surface area contributed by atoms with Crippen molar-refractivity contribution < 1.29 is 0 Å². The molecular weight excluding hydrogens is 440 g/mol. The molecular formula is C23H26N6OS2. The number of hydrogen-bond acceptors (Lipinski definition) is 8. The molecule has 1 aliphatic carbocycles. The van der Waals surface area contributed by atoms with Crippen LogP contribution in [-0.4, -0.2) is 26.3 Å². The monoisotopic (exact) mass is 466 g/mol. The second kappa shape index (κ2) is 9.86. The lowest BCUT2D eigenvalue weighted by Gasteiger charge is -2.09. The quantitative estimate of drug-likeness (QED) is 0.373.